The van der Waals surface area contributed by atoms with Crippen LogP contribution in [-0.4, -0.2) is 15.0 Å². The fraction of sp³-hybridized carbons (Fsp3) is 0. The molecule has 0 atom stereocenters. The lowest BCUT2D eigenvalue weighted by Gasteiger charge is -2.09. The number of rotatable bonds is 3. The van der Waals surface area contributed by atoms with Gasteiger partial charge in [-0.15, -0.1) is 0 Å². The number of pyridine rings is 2. The molecule has 3 rings (SSSR count). The van der Waals surface area contributed by atoms with Crippen molar-refractivity contribution >= 4 is 51.2 Å². The van der Waals surface area contributed by atoms with Crippen LogP contribution in [0.1, 0.15) is 5.56 Å². The maximum Gasteiger partial charge on any atom is 0.130 e. The molecule has 0 radical (unpaired) electrons. The second-order valence-electron chi connectivity index (χ2n) is 4.42. The normalized spacial score (nSPS) is 10.5. The third-order valence-electron chi connectivity index (χ3n) is 3.03. The van der Waals surface area contributed by atoms with E-state index in [4.69, 9.17) is 29.6 Å². The Bertz CT molecular complexity index is 818. The summed E-state index contributed by atoms with van der Waals surface area (Å²) in [6, 6.07) is 11.1. The molecule has 2 aromatic heterocycles. The highest BCUT2D eigenvalue weighted by atomic mass is 35.5. The van der Waals surface area contributed by atoms with Crippen LogP contribution in [0, 0.1) is 0 Å². The quantitative estimate of drug-likeness (QED) is 0.722. The van der Waals surface area contributed by atoms with E-state index in [1.165, 1.54) is 0 Å². The van der Waals surface area contributed by atoms with Gasteiger partial charge in [-0.3, -0.25) is 4.98 Å². The number of halogens is 1. The number of hydrogen-bond donors (Lipinski definition) is 2. The number of nitrogens with two attached hydrogens (primary N) is 1. The lowest BCUT2D eigenvalue weighted by atomic mass is 10.2. The van der Waals surface area contributed by atoms with Crippen LogP contribution in [-0.2, 0) is 0 Å². The maximum atomic E-state index is 6.18. The predicted molar refractivity (Wildman–Crippen MR) is 90.2 cm³/mol. The molecular formula is C15H11ClN4S. The van der Waals surface area contributed by atoms with Crippen LogP contribution in [0.4, 0.5) is 11.5 Å². The molecular weight excluding hydrogens is 304 g/mol. The Morgan fingerprint density at radius 2 is 2.00 bits per heavy atom. The van der Waals surface area contributed by atoms with E-state index in [1.807, 2.05) is 36.4 Å². The van der Waals surface area contributed by atoms with Gasteiger partial charge >= 0.3 is 0 Å². The Morgan fingerprint density at radius 3 is 2.71 bits per heavy atom. The van der Waals surface area contributed by atoms with Gasteiger partial charge < -0.3 is 11.1 Å². The Morgan fingerprint density at radius 1 is 1.14 bits per heavy atom. The molecule has 4 nitrogen and oxygen atoms in total. The van der Waals surface area contributed by atoms with E-state index in [1.54, 1.807) is 12.4 Å². The molecule has 3 aromatic rings. The van der Waals surface area contributed by atoms with Gasteiger partial charge in [0.15, 0.2) is 0 Å². The fourth-order valence-electron chi connectivity index (χ4n) is 1.99. The van der Waals surface area contributed by atoms with Gasteiger partial charge in [-0.2, -0.15) is 0 Å². The molecule has 21 heavy (non-hydrogen) atoms. The van der Waals surface area contributed by atoms with E-state index < -0.39 is 0 Å². The monoisotopic (exact) mass is 314 g/mol. The van der Waals surface area contributed by atoms with Crippen LogP contribution in [0.2, 0.25) is 5.02 Å². The van der Waals surface area contributed by atoms with E-state index in [0.29, 0.717) is 15.8 Å². The van der Waals surface area contributed by atoms with Crippen molar-refractivity contribution < 1.29 is 0 Å². The topological polar surface area (TPSA) is 63.8 Å². The second kappa shape index (κ2) is 5.63. The maximum absolute atomic E-state index is 6.18. The molecule has 0 unspecified atom stereocenters. The molecule has 0 amide bonds. The lowest BCUT2D eigenvalue weighted by molar-refractivity contribution is 1.29. The standard InChI is InChI=1S/C15H11ClN4S/c16-11-4-5-12(14-10(11)2-1-7-18-14)20-13-6-3-9(8-19-13)15(17)21/h1-8H,(H2,17,21)(H,19,20). The van der Waals surface area contributed by atoms with Crippen molar-refractivity contribution in [3.05, 3.63) is 59.4 Å². The average molecular weight is 315 g/mol. The number of anilines is 2. The molecule has 0 aliphatic heterocycles. The minimum atomic E-state index is 0.327. The number of benzene rings is 1. The summed E-state index contributed by atoms with van der Waals surface area (Å²) in [5, 5.41) is 4.78. The van der Waals surface area contributed by atoms with Crippen molar-refractivity contribution in [3.63, 3.8) is 0 Å². The molecule has 0 saturated carbocycles. The summed E-state index contributed by atoms with van der Waals surface area (Å²) in [7, 11) is 0. The van der Waals surface area contributed by atoms with E-state index in [-0.39, 0.29) is 0 Å². The third kappa shape index (κ3) is 2.79. The highest BCUT2D eigenvalue weighted by Gasteiger charge is 2.06. The molecule has 0 fully saturated rings. The number of nitrogens with zero attached hydrogens (tertiary/aromatic N) is 2. The summed E-state index contributed by atoms with van der Waals surface area (Å²) < 4.78 is 0. The Balaban J connectivity index is 1.98. The molecule has 2 heterocycles. The smallest absolute Gasteiger partial charge is 0.130 e. The van der Waals surface area contributed by atoms with Crippen molar-refractivity contribution in [2.75, 3.05) is 5.32 Å². The minimum absolute atomic E-state index is 0.327. The van der Waals surface area contributed by atoms with Crippen LogP contribution in [0.25, 0.3) is 10.9 Å². The zero-order valence-electron chi connectivity index (χ0n) is 10.9. The Kier molecular flexibility index (Phi) is 3.68. The molecule has 6 heteroatoms. The van der Waals surface area contributed by atoms with E-state index in [9.17, 15) is 0 Å². The fourth-order valence-corrected chi connectivity index (χ4v) is 2.33. The van der Waals surface area contributed by atoms with Gasteiger partial charge in [0, 0.05) is 23.3 Å². The molecule has 0 aliphatic rings. The summed E-state index contributed by atoms with van der Waals surface area (Å²) in [5.41, 5.74) is 7.92. The minimum Gasteiger partial charge on any atom is -0.389 e. The molecule has 0 bridgehead atoms. The predicted octanol–water partition coefficient (Wildman–Crippen LogP) is 3.66. The van der Waals surface area contributed by atoms with Crippen molar-refractivity contribution in [1.29, 1.82) is 0 Å². The van der Waals surface area contributed by atoms with Gasteiger partial charge in [0.2, 0.25) is 0 Å². The molecule has 0 spiro atoms. The first kappa shape index (κ1) is 13.7. The number of aromatic nitrogens is 2. The van der Waals surface area contributed by atoms with Crippen molar-refractivity contribution in [2.45, 2.75) is 0 Å². The van der Waals surface area contributed by atoms with Crippen molar-refractivity contribution in [2.24, 2.45) is 5.73 Å². The summed E-state index contributed by atoms with van der Waals surface area (Å²) in [6.07, 6.45) is 3.36. The van der Waals surface area contributed by atoms with Crippen LogP contribution in [0.3, 0.4) is 0 Å². The second-order valence-corrected chi connectivity index (χ2v) is 5.26. The molecule has 0 saturated heterocycles. The number of thiocarbonyl (C=S) groups is 1. The highest BCUT2D eigenvalue weighted by molar-refractivity contribution is 7.80. The van der Waals surface area contributed by atoms with Crippen LogP contribution in [0.5, 0.6) is 0 Å². The molecule has 1 aromatic carbocycles. The van der Waals surface area contributed by atoms with E-state index >= 15 is 0 Å². The molecule has 3 N–H and O–H groups in total. The summed E-state index contributed by atoms with van der Waals surface area (Å²) in [4.78, 5) is 8.98. The zero-order valence-corrected chi connectivity index (χ0v) is 12.4. The lowest BCUT2D eigenvalue weighted by Crippen LogP contribution is -2.09. The first-order valence-corrected chi connectivity index (χ1v) is 7.00. The van der Waals surface area contributed by atoms with Crippen LogP contribution < -0.4 is 11.1 Å². The van der Waals surface area contributed by atoms with Gasteiger partial charge in [-0.1, -0.05) is 23.8 Å². The summed E-state index contributed by atoms with van der Waals surface area (Å²) >= 11 is 11.1. The van der Waals surface area contributed by atoms with Gasteiger partial charge in [0.05, 0.1) is 16.2 Å². The molecule has 104 valence electrons. The van der Waals surface area contributed by atoms with Gasteiger partial charge in [-0.25, -0.2) is 4.98 Å². The average Bonchev–Trinajstić information content (AvgIpc) is 2.51. The van der Waals surface area contributed by atoms with Crippen LogP contribution >= 0.6 is 23.8 Å². The molecule has 0 aliphatic carbocycles. The number of nitrogens with one attached hydrogen (secondary N) is 1. The summed E-state index contributed by atoms with van der Waals surface area (Å²) in [6.45, 7) is 0. The highest BCUT2D eigenvalue weighted by Crippen LogP contribution is 2.29. The largest absolute Gasteiger partial charge is 0.389 e. The first-order chi connectivity index (χ1) is 10.1. The summed E-state index contributed by atoms with van der Waals surface area (Å²) in [5.74, 6) is 0.685. The first-order valence-electron chi connectivity index (χ1n) is 6.21. The van der Waals surface area contributed by atoms with Crippen molar-refractivity contribution in [3.8, 4) is 0 Å². The zero-order chi connectivity index (χ0) is 14.8. The van der Waals surface area contributed by atoms with E-state index in [2.05, 4.69) is 15.3 Å². The SMILES string of the molecule is NC(=S)c1ccc(Nc2ccc(Cl)c3cccnc23)nc1. The van der Waals surface area contributed by atoms with Crippen molar-refractivity contribution in [1.82, 2.24) is 9.97 Å². The Hall–Kier alpha value is -2.24. The number of fused-ring (bicyclic) bond motifs is 1. The number of hydrogen-bond acceptors (Lipinski definition) is 4. The van der Waals surface area contributed by atoms with Crippen LogP contribution in [0.15, 0.2) is 48.8 Å². The van der Waals surface area contributed by atoms with Gasteiger partial charge in [-0.05, 0) is 36.4 Å². The third-order valence-corrected chi connectivity index (χ3v) is 3.59. The van der Waals surface area contributed by atoms with Gasteiger partial charge in [0.1, 0.15) is 10.8 Å². The Labute approximate surface area is 132 Å². The van der Waals surface area contributed by atoms with E-state index in [0.717, 1.165) is 22.2 Å². The van der Waals surface area contributed by atoms with Gasteiger partial charge in [0.25, 0.3) is 0 Å².